The first-order valence-corrected chi connectivity index (χ1v) is 5.41. The molecule has 0 bridgehead atoms. The maximum absolute atomic E-state index is 13.0. The third-order valence-corrected chi connectivity index (χ3v) is 2.40. The molecule has 1 rings (SSSR count). The van der Waals surface area contributed by atoms with Gasteiger partial charge in [-0.15, -0.1) is 0 Å². The van der Waals surface area contributed by atoms with E-state index in [0.717, 1.165) is 6.42 Å². The Bertz CT molecular complexity index is 213. The summed E-state index contributed by atoms with van der Waals surface area (Å²) in [6, 6.07) is 0. The highest BCUT2D eigenvalue weighted by molar-refractivity contribution is 5.67. The number of alkyl halides is 1. The molecule has 1 fully saturated rings. The predicted octanol–water partition coefficient (Wildman–Crippen LogP) is 1.68. The van der Waals surface area contributed by atoms with Gasteiger partial charge in [-0.3, -0.25) is 0 Å². The fraction of sp³-hybridized carbons (Fsp3) is 0.900. The van der Waals surface area contributed by atoms with Crippen molar-refractivity contribution in [3.63, 3.8) is 0 Å². The highest BCUT2D eigenvalue weighted by atomic mass is 19.1. The minimum absolute atomic E-state index is 0.224. The topological polar surface area (TPSA) is 49.8 Å². The summed E-state index contributed by atoms with van der Waals surface area (Å²) in [7, 11) is 0. The second-order valence-electron chi connectivity index (χ2n) is 3.82. The van der Waals surface area contributed by atoms with E-state index in [1.165, 1.54) is 4.90 Å². The van der Waals surface area contributed by atoms with Crippen LogP contribution in [0.5, 0.6) is 0 Å². The van der Waals surface area contributed by atoms with E-state index in [4.69, 9.17) is 0 Å². The maximum atomic E-state index is 13.0. The van der Waals surface area contributed by atoms with E-state index in [9.17, 15) is 14.3 Å². The molecule has 1 aliphatic rings. The minimum Gasteiger partial charge on any atom is -0.415 e. The quantitative estimate of drug-likeness (QED) is 0.785. The molecule has 1 N–H and O–H groups in total. The van der Waals surface area contributed by atoms with Gasteiger partial charge in [0.2, 0.25) is 6.36 Å². The number of carbonyl (C=O) groups is 1. The summed E-state index contributed by atoms with van der Waals surface area (Å²) >= 11 is 0. The van der Waals surface area contributed by atoms with Crippen LogP contribution in [0, 0.1) is 0 Å². The zero-order valence-corrected chi connectivity index (χ0v) is 8.99. The first kappa shape index (κ1) is 12.2. The van der Waals surface area contributed by atoms with E-state index in [-0.39, 0.29) is 13.0 Å². The average Bonchev–Trinajstić information content (AvgIpc) is 2.18. The zero-order valence-electron chi connectivity index (χ0n) is 8.99. The number of hydrogen-bond acceptors (Lipinski definition) is 3. The smallest absolute Gasteiger partial charge is 0.412 e. The molecule has 1 saturated heterocycles. The lowest BCUT2D eigenvalue weighted by Gasteiger charge is -2.29. The largest absolute Gasteiger partial charge is 0.415 e. The van der Waals surface area contributed by atoms with E-state index >= 15 is 0 Å². The number of aliphatic hydroxyl groups is 1. The Balaban J connectivity index is 2.32. The van der Waals surface area contributed by atoms with Gasteiger partial charge in [0.05, 0.1) is 6.10 Å². The number of halogens is 1. The molecular weight excluding hydrogens is 201 g/mol. The van der Waals surface area contributed by atoms with Crippen molar-refractivity contribution in [2.24, 2.45) is 0 Å². The molecule has 2 atom stereocenters. The van der Waals surface area contributed by atoms with Gasteiger partial charge < -0.3 is 14.7 Å². The van der Waals surface area contributed by atoms with Crippen LogP contribution in [0.3, 0.4) is 0 Å². The molecule has 4 nitrogen and oxygen atoms in total. The SMILES string of the molecule is CCCC(F)OC(=O)N1CCCC(O)C1. The molecule has 0 aromatic rings. The number of amides is 1. The minimum atomic E-state index is -1.53. The third kappa shape index (κ3) is 4.03. The molecule has 15 heavy (non-hydrogen) atoms. The molecule has 0 aromatic heterocycles. The lowest BCUT2D eigenvalue weighted by molar-refractivity contribution is -0.0229. The molecular formula is C10H18FNO3. The molecule has 0 aliphatic carbocycles. The normalized spacial score (nSPS) is 23.7. The summed E-state index contributed by atoms with van der Waals surface area (Å²) in [6.07, 6.45) is -0.398. The van der Waals surface area contributed by atoms with Gasteiger partial charge in [0, 0.05) is 19.5 Å². The van der Waals surface area contributed by atoms with E-state index in [2.05, 4.69) is 4.74 Å². The number of piperidine rings is 1. The Labute approximate surface area is 89.0 Å². The average molecular weight is 219 g/mol. The first-order valence-electron chi connectivity index (χ1n) is 5.41. The van der Waals surface area contributed by atoms with Gasteiger partial charge in [-0.25, -0.2) is 9.18 Å². The van der Waals surface area contributed by atoms with Gasteiger partial charge in [0.1, 0.15) is 0 Å². The molecule has 0 radical (unpaired) electrons. The molecule has 0 aromatic carbocycles. The number of carbonyl (C=O) groups excluding carboxylic acids is 1. The molecule has 5 heteroatoms. The molecule has 1 aliphatic heterocycles. The number of hydrogen-bond donors (Lipinski definition) is 1. The summed E-state index contributed by atoms with van der Waals surface area (Å²) < 4.78 is 17.6. The second-order valence-corrected chi connectivity index (χ2v) is 3.82. The Morgan fingerprint density at radius 1 is 1.73 bits per heavy atom. The van der Waals surface area contributed by atoms with Crippen LogP contribution in [-0.2, 0) is 4.74 Å². The van der Waals surface area contributed by atoms with Crippen LogP contribution in [0.1, 0.15) is 32.6 Å². The van der Waals surface area contributed by atoms with Crippen molar-refractivity contribution in [3.8, 4) is 0 Å². The van der Waals surface area contributed by atoms with Crippen molar-refractivity contribution in [2.45, 2.75) is 45.1 Å². The van der Waals surface area contributed by atoms with Gasteiger partial charge in [-0.1, -0.05) is 6.92 Å². The van der Waals surface area contributed by atoms with Gasteiger partial charge in [0.15, 0.2) is 0 Å². The summed E-state index contributed by atoms with van der Waals surface area (Å²) in [4.78, 5) is 12.7. The lowest BCUT2D eigenvalue weighted by Crippen LogP contribution is -2.43. The molecule has 1 heterocycles. The van der Waals surface area contributed by atoms with Crippen molar-refractivity contribution in [1.82, 2.24) is 4.90 Å². The highest BCUT2D eigenvalue weighted by Gasteiger charge is 2.24. The summed E-state index contributed by atoms with van der Waals surface area (Å²) in [5.74, 6) is 0. The molecule has 0 spiro atoms. The molecule has 0 saturated carbocycles. The van der Waals surface area contributed by atoms with E-state index in [1.807, 2.05) is 6.92 Å². The number of likely N-dealkylation sites (tertiary alicyclic amines) is 1. The predicted molar refractivity (Wildman–Crippen MR) is 53.1 cm³/mol. The number of nitrogens with zero attached hydrogens (tertiary/aromatic N) is 1. The monoisotopic (exact) mass is 219 g/mol. The maximum Gasteiger partial charge on any atom is 0.412 e. The Kier molecular flexibility index (Phi) is 4.81. The van der Waals surface area contributed by atoms with Crippen LogP contribution in [-0.4, -0.2) is 41.7 Å². The van der Waals surface area contributed by atoms with Crippen LogP contribution in [0.15, 0.2) is 0 Å². The second kappa shape index (κ2) is 5.90. The van der Waals surface area contributed by atoms with Gasteiger partial charge >= 0.3 is 6.09 Å². The third-order valence-electron chi connectivity index (χ3n) is 2.40. The van der Waals surface area contributed by atoms with Crippen molar-refractivity contribution in [1.29, 1.82) is 0 Å². The van der Waals surface area contributed by atoms with Crippen LogP contribution in [0.4, 0.5) is 9.18 Å². The summed E-state index contributed by atoms with van der Waals surface area (Å²) in [5.41, 5.74) is 0. The standard InChI is InChI=1S/C10H18FNO3/c1-2-4-9(11)15-10(14)12-6-3-5-8(13)7-12/h8-9,13H,2-7H2,1H3. The van der Waals surface area contributed by atoms with Crippen LogP contribution in [0.2, 0.25) is 0 Å². The number of aliphatic hydroxyl groups excluding tert-OH is 1. The van der Waals surface area contributed by atoms with Gasteiger partial charge in [-0.2, -0.15) is 0 Å². The van der Waals surface area contributed by atoms with Crippen LogP contribution >= 0.6 is 0 Å². The van der Waals surface area contributed by atoms with E-state index in [0.29, 0.717) is 19.4 Å². The molecule has 2 unspecified atom stereocenters. The number of rotatable bonds is 3. The number of ether oxygens (including phenoxy) is 1. The molecule has 1 amide bonds. The zero-order chi connectivity index (χ0) is 11.3. The summed E-state index contributed by atoms with van der Waals surface area (Å²) in [6.45, 7) is 2.61. The van der Waals surface area contributed by atoms with Crippen LogP contribution < -0.4 is 0 Å². The fourth-order valence-electron chi connectivity index (χ4n) is 1.59. The van der Waals surface area contributed by atoms with Crippen molar-refractivity contribution in [3.05, 3.63) is 0 Å². The van der Waals surface area contributed by atoms with E-state index in [1.54, 1.807) is 0 Å². The Hall–Kier alpha value is -0.840. The first-order chi connectivity index (χ1) is 7.13. The van der Waals surface area contributed by atoms with Crippen molar-refractivity contribution >= 4 is 6.09 Å². The summed E-state index contributed by atoms with van der Waals surface area (Å²) in [5, 5.41) is 9.32. The van der Waals surface area contributed by atoms with Gasteiger partial charge in [-0.05, 0) is 19.3 Å². The van der Waals surface area contributed by atoms with Crippen LogP contribution in [0.25, 0.3) is 0 Å². The van der Waals surface area contributed by atoms with E-state index < -0.39 is 18.6 Å². The Morgan fingerprint density at radius 3 is 3.07 bits per heavy atom. The molecule has 88 valence electrons. The van der Waals surface area contributed by atoms with Crippen molar-refractivity contribution in [2.75, 3.05) is 13.1 Å². The van der Waals surface area contributed by atoms with Gasteiger partial charge in [0.25, 0.3) is 0 Å². The highest BCUT2D eigenvalue weighted by Crippen LogP contribution is 2.13. The number of β-amino-alcohol motifs (C(OH)–C–C–N with tert-alkyl or cyclic N) is 1. The Morgan fingerprint density at radius 2 is 2.47 bits per heavy atom. The lowest BCUT2D eigenvalue weighted by atomic mass is 10.1. The fourth-order valence-corrected chi connectivity index (χ4v) is 1.59. The van der Waals surface area contributed by atoms with Crippen molar-refractivity contribution < 1.29 is 19.0 Å².